The minimum Gasteiger partial charge on any atom is -0.293 e. The summed E-state index contributed by atoms with van der Waals surface area (Å²) in [5.41, 5.74) is 0.904. The number of rotatable bonds is 1. The summed E-state index contributed by atoms with van der Waals surface area (Å²) in [6.45, 7) is 0. The first-order valence-electron chi connectivity index (χ1n) is 5.59. The Morgan fingerprint density at radius 2 is 2.12 bits per heavy atom. The van der Waals surface area contributed by atoms with Crippen molar-refractivity contribution < 1.29 is 4.79 Å². The first-order chi connectivity index (χ1) is 7.75. The van der Waals surface area contributed by atoms with E-state index in [1.165, 1.54) is 12.8 Å². The highest BCUT2D eigenvalue weighted by molar-refractivity contribution is 6.28. The Hall–Kier alpha value is -1.16. The van der Waals surface area contributed by atoms with Crippen molar-refractivity contribution in [3.05, 3.63) is 17.0 Å². The maximum Gasteiger partial charge on any atom is 0.233 e. The van der Waals surface area contributed by atoms with E-state index in [9.17, 15) is 4.79 Å². The van der Waals surface area contributed by atoms with Crippen LogP contribution in [0.4, 0.5) is 5.82 Å². The molecule has 0 unspecified atom stereocenters. The van der Waals surface area contributed by atoms with Crippen LogP contribution in [-0.2, 0) is 11.2 Å². The Balaban J connectivity index is 2.00. The van der Waals surface area contributed by atoms with Gasteiger partial charge < -0.3 is 0 Å². The molecule has 1 saturated carbocycles. The van der Waals surface area contributed by atoms with Gasteiger partial charge in [-0.3, -0.25) is 9.69 Å². The molecule has 84 valence electrons. The zero-order valence-corrected chi connectivity index (χ0v) is 9.57. The molecule has 1 aromatic heterocycles. The number of carbonyl (C=O) groups excluding carboxylic acids is 1. The Kier molecular flexibility index (Phi) is 2.32. The molecule has 1 fully saturated rings. The molecule has 0 bridgehead atoms. The second kappa shape index (κ2) is 3.70. The van der Waals surface area contributed by atoms with Gasteiger partial charge >= 0.3 is 0 Å². The van der Waals surface area contributed by atoms with E-state index in [4.69, 9.17) is 11.6 Å². The molecule has 0 spiro atoms. The number of hydrogen-bond acceptors (Lipinski definition) is 3. The molecule has 0 N–H and O–H groups in total. The number of aromatic nitrogens is 2. The van der Waals surface area contributed by atoms with E-state index in [1.807, 2.05) is 4.90 Å². The van der Waals surface area contributed by atoms with Gasteiger partial charge in [-0.2, -0.15) is 4.98 Å². The Morgan fingerprint density at radius 1 is 1.38 bits per heavy atom. The van der Waals surface area contributed by atoms with Crippen LogP contribution in [0.5, 0.6) is 0 Å². The van der Waals surface area contributed by atoms with Crippen molar-refractivity contribution >= 4 is 23.3 Å². The maximum absolute atomic E-state index is 11.9. The predicted octanol–water partition coefficient (Wildman–Crippen LogP) is 1.96. The van der Waals surface area contributed by atoms with Crippen molar-refractivity contribution in [3.8, 4) is 0 Å². The summed E-state index contributed by atoms with van der Waals surface area (Å²) in [5.74, 6) is 0.871. The van der Waals surface area contributed by atoms with Crippen LogP contribution in [0.25, 0.3) is 0 Å². The van der Waals surface area contributed by atoms with Gasteiger partial charge in [-0.05, 0) is 24.4 Å². The molecule has 0 radical (unpaired) electrons. The predicted molar refractivity (Wildman–Crippen MR) is 60.5 cm³/mol. The molecular formula is C11H12ClN3O. The van der Waals surface area contributed by atoms with E-state index in [0.717, 1.165) is 24.2 Å². The number of carbonyl (C=O) groups is 1. The van der Waals surface area contributed by atoms with Gasteiger partial charge in [0.2, 0.25) is 11.2 Å². The Bertz CT molecular complexity index is 443. The second-order valence-electron chi connectivity index (χ2n) is 4.37. The summed E-state index contributed by atoms with van der Waals surface area (Å²) in [6.07, 6.45) is 6.63. The van der Waals surface area contributed by atoms with E-state index < -0.39 is 0 Å². The fraction of sp³-hybridized carbons (Fsp3) is 0.545. The summed E-state index contributed by atoms with van der Waals surface area (Å²) in [5, 5.41) is 0.219. The van der Waals surface area contributed by atoms with E-state index in [0.29, 0.717) is 12.5 Å². The van der Waals surface area contributed by atoms with Crippen molar-refractivity contribution in [2.45, 2.75) is 38.1 Å². The third-order valence-corrected chi connectivity index (χ3v) is 3.52. The number of hydrogen-bond donors (Lipinski definition) is 0. The molecular weight excluding hydrogens is 226 g/mol. The largest absolute Gasteiger partial charge is 0.293 e. The molecule has 1 aliphatic heterocycles. The van der Waals surface area contributed by atoms with Gasteiger partial charge in [-0.1, -0.05) is 12.8 Å². The van der Waals surface area contributed by atoms with Gasteiger partial charge in [0.1, 0.15) is 5.82 Å². The van der Waals surface area contributed by atoms with E-state index >= 15 is 0 Å². The van der Waals surface area contributed by atoms with Gasteiger partial charge in [-0.15, -0.1) is 0 Å². The fourth-order valence-corrected chi connectivity index (χ4v) is 2.74. The van der Waals surface area contributed by atoms with Crippen molar-refractivity contribution in [3.63, 3.8) is 0 Å². The summed E-state index contributed by atoms with van der Waals surface area (Å²) >= 11 is 5.78. The van der Waals surface area contributed by atoms with Crippen LogP contribution in [0.15, 0.2) is 6.20 Å². The standard InChI is InChI=1S/C11H12ClN3O/c12-11-13-6-7-5-9(16)15(10(7)14-11)8-3-1-2-4-8/h6,8H,1-5H2. The second-order valence-corrected chi connectivity index (χ2v) is 4.70. The van der Waals surface area contributed by atoms with Crippen molar-refractivity contribution in [1.29, 1.82) is 0 Å². The number of anilines is 1. The summed E-state index contributed by atoms with van der Waals surface area (Å²) in [7, 11) is 0. The highest BCUT2D eigenvalue weighted by Crippen LogP contribution is 2.34. The van der Waals surface area contributed by atoms with E-state index in [1.54, 1.807) is 6.20 Å². The number of halogens is 1. The van der Waals surface area contributed by atoms with Crippen LogP contribution in [0.1, 0.15) is 31.2 Å². The van der Waals surface area contributed by atoms with E-state index in [-0.39, 0.29) is 11.2 Å². The average Bonchev–Trinajstić information content (AvgIpc) is 2.83. The normalized spacial score (nSPS) is 20.6. The molecule has 0 saturated heterocycles. The maximum atomic E-state index is 11.9. The topological polar surface area (TPSA) is 46.1 Å². The molecule has 4 nitrogen and oxygen atoms in total. The number of nitrogens with zero attached hydrogens (tertiary/aromatic N) is 3. The van der Waals surface area contributed by atoms with Gasteiger partial charge in [-0.25, -0.2) is 4.98 Å². The molecule has 0 aromatic carbocycles. The quantitative estimate of drug-likeness (QED) is 0.702. The zero-order chi connectivity index (χ0) is 11.1. The lowest BCUT2D eigenvalue weighted by atomic mass is 10.2. The lowest BCUT2D eigenvalue weighted by Gasteiger charge is -2.23. The highest BCUT2D eigenvalue weighted by atomic mass is 35.5. The lowest BCUT2D eigenvalue weighted by Crippen LogP contribution is -2.36. The van der Waals surface area contributed by atoms with Crippen LogP contribution >= 0.6 is 11.6 Å². The van der Waals surface area contributed by atoms with Crippen molar-refractivity contribution in [2.24, 2.45) is 0 Å². The first kappa shape index (κ1) is 10.0. The number of amides is 1. The third-order valence-electron chi connectivity index (χ3n) is 3.34. The molecule has 5 heteroatoms. The van der Waals surface area contributed by atoms with Gasteiger partial charge in [0.05, 0.1) is 6.42 Å². The molecule has 1 aromatic rings. The summed E-state index contributed by atoms with van der Waals surface area (Å²) in [4.78, 5) is 21.9. The van der Waals surface area contributed by atoms with E-state index in [2.05, 4.69) is 9.97 Å². The molecule has 2 heterocycles. The third kappa shape index (κ3) is 1.48. The molecule has 3 rings (SSSR count). The molecule has 16 heavy (non-hydrogen) atoms. The smallest absolute Gasteiger partial charge is 0.233 e. The fourth-order valence-electron chi connectivity index (χ4n) is 2.62. The molecule has 2 aliphatic rings. The highest BCUT2D eigenvalue weighted by Gasteiger charge is 2.35. The monoisotopic (exact) mass is 237 g/mol. The SMILES string of the molecule is O=C1Cc2cnc(Cl)nc2N1C1CCCC1. The van der Waals surface area contributed by atoms with Crippen molar-refractivity contribution in [1.82, 2.24) is 9.97 Å². The van der Waals surface area contributed by atoms with Gasteiger partial charge in [0.15, 0.2) is 0 Å². The van der Waals surface area contributed by atoms with Crippen LogP contribution in [0.2, 0.25) is 5.28 Å². The summed E-state index contributed by atoms with van der Waals surface area (Å²) in [6, 6.07) is 0.319. The lowest BCUT2D eigenvalue weighted by molar-refractivity contribution is -0.117. The first-order valence-corrected chi connectivity index (χ1v) is 5.97. The summed E-state index contributed by atoms with van der Waals surface area (Å²) < 4.78 is 0. The number of fused-ring (bicyclic) bond motifs is 1. The van der Waals surface area contributed by atoms with Gasteiger partial charge in [0, 0.05) is 17.8 Å². The molecule has 1 amide bonds. The van der Waals surface area contributed by atoms with Crippen LogP contribution in [0, 0.1) is 0 Å². The Labute approximate surface area is 98.6 Å². The van der Waals surface area contributed by atoms with Crippen LogP contribution in [0.3, 0.4) is 0 Å². The minimum atomic E-state index is 0.137. The molecule has 1 aliphatic carbocycles. The molecule has 0 atom stereocenters. The van der Waals surface area contributed by atoms with Gasteiger partial charge in [0.25, 0.3) is 0 Å². The van der Waals surface area contributed by atoms with Crippen molar-refractivity contribution in [2.75, 3.05) is 4.90 Å². The Morgan fingerprint density at radius 3 is 2.88 bits per heavy atom. The van der Waals surface area contributed by atoms with Crippen LogP contribution < -0.4 is 4.90 Å². The minimum absolute atomic E-state index is 0.137. The zero-order valence-electron chi connectivity index (χ0n) is 8.82. The van der Waals surface area contributed by atoms with Crippen LogP contribution in [-0.4, -0.2) is 21.9 Å². The average molecular weight is 238 g/mol.